The zero-order chi connectivity index (χ0) is 27.2. The van der Waals surface area contributed by atoms with Crippen molar-refractivity contribution in [1.29, 1.82) is 0 Å². The minimum Gasteiger partial charge on any atom is -0.461 e. The molecule has 0 spiro atoms. The summed E-state index contributed by atoms with van der Waals surface area (Å²) in [5.41, 5.74) is -1.16. The predicted molar refractivity (Wildman–Crippen MR) is 141 cm³/mol. The van der Waals surface area contributed by atoms with Crippen LogP contribution in [0.25, 0.3) is 0 Å². The maximum Gasteiger partial charge on any atom is 0.334 e. The van der Waals surface area contributed by atoms with Crippen molar-refractivity contribution in [2.45, 2.75) is 148 Å². The smallest absolute Gasteiger partial charge is 0.334 e. The van der Waals surface area contributed by atoms with Crippen LogP contribution in [0.5, 0.6) is 0 Å². The molecule has 0 aliphatic heterocycles. The fourth-order valence-corrected chi connectivity index (χ4v) is 3.87. The van der Waals surface area contributed by atoms with E-state index in [0.717, 1.165) is 19.3 Å². The molecule has 0 saturated heterocycles. The summed E-state index contributed by atoms with van der Waals surface area (Å²) in [6, 6.07) is 0. The first-order valence-corrected chi connectivity index (χ1v) is 14.1. The van der Waals surface area contributed by atoms with E-state index in [2.05, 4.69) is 12.2 Å². The van der Waals surface area contributed by atoms with Gasteiger partial charge in [-0.2, -0.15) is 0 Å². The zero-order valence-electron chi connectivity index (χ0n) is 23.3. The van der Waals surface area contributed by atoms with E-state index in [1.165, 1.54) is 90.9 Å². The fourth-order valence-electron chi connectivity index (χ4n) is 3.87. The highest BCUT2D eigenvalue weighted by Gasteiger charge is 2.31. The van der Waals surface area contributed by atoms with Crippen molar-refractivity contribution >= 4 is 17.8 Å². The molecule has 0 aromatic carbocycles. The van der Waals surface area contributed by atoms with Gasteiger partial charge in [-0.1, -0.05) is 96.8 Å². The standard InChI is InChI=1S/C28H53NO7/c1-5-6-7-8-9-10-11-12-13-14-15-16-17-18-19-20-25(32)29-28(4,21-35-26(33)23(2)30)22-36-27(34)24(3)31/h23-24,30-31H,5-22H2,1-4H3,(H,29,32). The molecule has 2 atom stereocenters. The second kappa shape index (κ2) is 21.4. The van der Waals surface area contributed by atoms with E-state index < -0.39 is 29.7 Å². The Morgan fingerprint density at radius 2 is 1.00 bits per heavy atom. The van der Waals surface area contributed by atoms with E-state index in [4.69, 9.17) is 9.47 Å². The third-order valence-electron chi connectivity index (χ3n) is 6.20. The molecule has 1 amide bonds. The first-order chi connectivity index (χ1) is 17.1. The number of hydrogen-bond donors (Lipinski definition) is 3. The molecule has 0 fully saturated rings. The maximum absolute atomic E-state index is 12.5. The van der Waals surface area contributed by atoms with Crippen molar-refractivity contribution in [2.75, 3.05) is 13.2 Å². The molecule has 0 aliphatic rings. The molecule has 2 unspecified atom stereocenters. The molecule has 0 saturated carbocycles. The van der Waals surface area contributed by atoms with Crippen LogP contribution in [-0.4, -0.2) is 59.0 Å². The van der Waals surface area contributed by atoms with Crippen LogP contribution in [0, 0.1) is 0 Å². The van der Waals surface area contributed by atoms with Gasteiger partial charge in [-0.25, -0.2) is 9.59 Å². The minimum absolute atomic E-state index is 0.228. The first kappa shape index (κ1) is 34.3. The summed E-state index contributed by atoms with van der Waals surface area (Å²) in [4.78, 5) is 35.7. The Kier molecular flexibility index (Phi) is 20.4. The normalized spacial score (nSPS) is 14.5. The van der Waals surface area contributed by atoms with Gasteiger partial charge in [0.2, 0.25) is 5.91 Å². The molecule has 0 radical (unpaired) electrons. The van der Waals surface area contributed by atoms with Gasteiger partial charge >= 0.3 is 11.9 Å². The van der Waals surface area contributed by atoms with Gasteiger partial charge in [0.15, 0.2) is 0 Å². The average Bonchev–Trinajstić information content (AvgIpc) is 2.83. The Balaban J connectivity index is 4.04. The molecule has 36 heavy (non-hydrogen) atoms. The lowest BCUT2D eigenvalue weighted by Gasteiger charge is -2.30. The molecule has 3 N–H and O–H groups in total. The minimum atomic E-state index is -1.30. The van der Waals surface area contributed by atoms with Gasteiger partial charge in [0.05, 0.1) is 0 Å². The van der Waals surface area contributed by atoms with Crippen molar-refractivity contribution in [3.63, 3.8) is 0 Å². The van der Waals surface area contributed by atoms with Gasteiger partial charge < -0.3 is 25.0 Å². The number of aliphatic hydroxyl groups excluding tert-OH is 2. The van der Waals surface area contributed by atoms with Crippen molar-refractivity contribution in [1.82, 2.24) is 5.32 Å². The monoisotopic (exact) mass is 515 g/mol. The van der Waals surface area contributed by atoms with Gasteiger partial charge in [0.1, 0.15) is 31.0 Å². The van der Waals surface area contributed by atoms with Crippen molar-refractivity contribution in [2.24, 2.45) is 0 Å². The number of ether oxygens (including phenoxy) is 2. The lowest BCUT2D eigenvalue weighted by molar-refractivity contribution is -0.161. The topological polar surface area (TPSA) is 122 Å². The summed E-state index contributed by atoms with van der Waals surface area (Å²) in [5, 5.41) is 21.4. The second-order valence-corrected chi connectivity index (χ2v) is 10.4. The van der Waals surface area contributed by atoms with Crippen molar-refractivity contribution in [3.8, 4) is 0 Å². The number of esters is 2. The number of aliphatic hydroxyl groups is 2. The third-order valence-corrected chi connectivity index (χ3v) is 6.20. The number of unbranched alkanes of at least 4 members (excludes halogenated alkanes) is 14. The predicted octanol–water partition coefficient (Wildman–Crippen LogP) is 4.97. The summed E-state index contributed by atoms with van der Waals surface area (Å²) < 4.78 is 10.1. The van der Waals surface area contributed by atoms with Crippen LogP contribution in [0.1, 0.15) is 130 Å². The summed E-state index contributed by atoms with van der Waals surface area (Å²) in [5.74, 6) is -1.90. The van der Waals surface area contributed by atoms with Crippen LogP contribution in [-0.2, 0) is 23.9 Å². The van der Waals surface area contributed by atoms with Gasteiger partial charge in [-0.05, 0) is 27.2 Å². The SMILES string of the molecule is CCCCCCCCCCCCCCCCCC(=O)NC(C)(COC(=O)C(C)O)COC(=O)C(C)O. The summed E-state index contributed by atoms with van der Waals surface area (Å²) in [6.45, 7) is 5.86. The first-order valence-electron chi connectivity index (χ1n) is 14.1. The zero-order valence-corrected chi connectivity index (χ0v) is 23.3. The fraction of sp³-hybridized carbons (Fsp3) is 0.893. The van der Waals surface area contributed by atoms with Gasteiger partial charge in [0, 0.05) is 6.42 Å². The molecular weight excluding hydrogens is 462 g/mol. The number of amides is 1. The Labute approximate surface area is 218 Å². The maximum atomic E-state index is 12.5. The Morgan fingerprint density at radius 3 is 1.33 bits per heavy atom. The summed E-state index contributed by atoms with van der Waals surface area (Å²) in [6.07, 6.45) is 16.5. The third kappa shape index (κ3) is 19.5. The van der Waals surface area contributed by atoms with Crippen LogP contribution in [0.2, 0.25) is 0 Å². The number of carbonyl (C=O) groups excluding carboxylic acids is 3. The van der Waals surface area contributed by atoms with Crippen molar-refractivity contribution in [3.05, 3.63) is 0 Å². The molecule has 0 bridgehead atoms. The van der Waals surface area contributed by atoms with Crippen LogP contribution < -0.4 is 5.32 Å². The second-order valence-electron chi connectivity index (χ2n) is 10.4. The van der Waals surface area contributed by atoms with E-state index >= 15 is 0 Å². The number of hydrogen-bond acceptors (Lipinski definition) is 7. The summed E-state index contributed by atoms with van der Waals surface area (Å²) in [7, 11) is 0. The van der Waals surface area contributed by atoms with Crippen LogP contribution in [0.15, 0.2) is 0 Å². The quantitative estimate of drug-likeness (QED) is 0.130. The van der Waals surface area contributed by atoms with Crippen molar-refractivity contribution < 1.29 is 34.1 Å². The highest BCUT2D eigenvalue weighted by molar-refractivity contribution is 5.77. The van der Waals surface area contributed by atoms with E-state index in [0.29, 0.717) is 6.42 Å². The highest BCUT2D eigenvalue weighted by Crippen LogP contribution is 2.14. The Morgan fingerprint density at radius 1 is 0.667 bits per heavy atom. The number of rotatable bonds is 23. The van der Waals surface area contributed by atoms with E-state index in [1.807, 2.05) is 0 Å². The molecule has 0 aromatic heterocycles. The average molecular weight is 516 g/mol. The van der Waals surface area contributed by atoms with E-state index in [1.54, 1.807) is 6.92 Å². The molecule has 0 heterocycles. The highest BCUT2D eigenvalue weighted by atomic mass is 16.6. The Hall–Kier alpha value is -1.67. The van der Waals surface area contributed by atoms with Crippen LogP contribution in [0.4, 0.5) is 0 Å². The lowest BCUT2D eigenvalue weighted by Crippen LogP contribution is -2.54. The van der Waals surface area contributed by atoms with E-state index in [-0.39, 0.29) is 19.1 Å². The van der Waals surface area contributed by atoms with Crippen LogP contribution in [0.3, 0.4) is 0 Å². The molecule has 0 rings (SSSR count). The van der Waals surface area contributed by atoms with Crippen LogP contribution >= 0.6 is 0 Å². The molecule has 212 valence electrons. The van der Waals surface area contributed by atoms with Gasteiger partial charge in [0.25, 0.3) is 0 Å². The molecule has 8 heteroatoms. The number of carbonyl (C=O) groups is 3. The van der Waals surface area contributed by atoms with Gasteiger partial charge in [-0.3, -0.25) is 4.79 Å². The Bertz CT molecular complexity index is 568. The largest absolute Gasteiger partial charge is 0.461 e. The molecule has 8 nitrogen and oxygen atoms in total. The molecular formula is C28H53NO7. The summed E-state index contributed by atoms with van der Waals surface area (Å²) >= 11 is 0. The lowest BCUT2D eigenvalue weighted by atomic mass is 10.0. The van der Waals surface area contributed by atoms with E-state index in [9.17, 15) is 24.6 Å². The molecule has 0 aromatic rings. The number of nitrogens with one attached hydrogen (secondary N) is 1. The molecule has 0 aliphatic carbocycles. The van der Waals surface area contributed by atoms with Gasteiger partial charge in [-0.15, -0.1) is 0 Å².